The molecule has 0 saturated carbocycles. The molecular formula is C18H22ClN3O. The lowest BCUT2D eigenvalue weighted by Crippen LogP contribution is -2.14. The summed E-state index contributed by atoms with van der Waals surface area (Å²) in [6.07, 6.45) is 5.23. The third-order valence-corrected chi connectivity index (χ3v) is 3.78. The summed E-state index contributed by atoms with van der Waals surface area (Å²) in [6, 6.07) is 8.96. The number of hydrogen-bond acceptors (Lipinski definition) is 3. The zero-order valence-corrected chi connectivity index (χ0v) is 14.3. The smallest absolute Gasteiger partial charge is 0.274 e. The van der Waals surface area contributed by atoms with E-state index in [0.717, 1.165) is 29.9 Å². The number of nitrogens with one attached hydrogen (secondary N) is 2. The molecule has 1 aromatic carbocycles. The molecule has 0 atom stereocenters. The van der Waals surface area contributed by atoms with Gasteiger partial charge in [-0.1, -0.05) is 31.4 Å². The van der Waals surface area contributed by atoms with Gasteiger partial charge in [-0.3, -0.25) is 4.79 Å². The van der Waals surface area contributed by atoms with Crippen LogP contribution in [0.15, 0.2) is 36.5 Å². The van der Waals surface area contributed by atoms with Gasteiger partial charge in [-0.05, 0) is 49.2 Å². The quantitative estimate of drug-likeness (QED) is 0.710. The normalized spacial score (nSPS) is 10.4. The lowest BCUT2D eigenvalue weighted by Gasteiger charge is -2.09. The van der Waals surface area contributed by atoms with E-state index in [1.807, 2.05) is 19.1 Å². The van der Waals surface area contributed by atoms with Gasteiger partial charge in [0.05, 0.1) is 11.9 Å². The summed E-state index contributed by atoms with van der Waals surface area (Å²) < 4.78 is 0. The van der Waals surface area contributed by atoms with Crippen molar-refractivity contribution in [3.8, 4) is 0 Å². The molecule has 0 unspecified atom stereocenters. The number of amides is 1. The zero-order valence-electron chi connectivity index (χ0n) is 13.5. The van der Waals surface area contributed by atoms with Crippen LogP contribution < -0.4 is 10.6 Å². The monoisotopic (exact) mass is 331 g/mol. The third kappa shape index (κ3) is 5.25. The highest BCUT2D eigenvalue weighted by atomic mass is 35.5. The van der Waals surface area contributed by atoms with Crippen LogP contribution in [0.25, 0.3) is 0 Å². The van der Waals surface area contributed by atoms with E-state index in [1.54, 1.807) is 24.4 Å². The number of anilines is 2. The molecule has 1 aromatic heterocycles. The van der Waals surface area contributed by atoms with Crippen molar-refractivity contribution in [3.63, 3.8) is 0 Å². The van der Waals surface area contributed by atoms with E-state index < -0.39 is 0 Å². The third-order valence-electron chi connectivity index (χ3n) is 3.54. The molecule has 0 aliphatic heterocycles. The number of pyridine rings is 1. The predicted octanol–water partition coefficient (Wildman–Crippen LogP) is 4.90. The van der Waals surface area contributed by atoms with Crippen LogP contribution in [0.4, 0.5) is 11.4 Å². The van der Waals surface area contributed by atoms with E-state index in [9.17, 15) is 4.79 Å². The summed E-state index contributed by atoms with van der Waals surface area (Å²) in [5.74, 6) is -0.229. The highest BCUT2D eigenvalue weighted by molar-refractivity contribution is 6.30. The van der Waals surface area contributed by atoms with Gasteiger partial charge in [-0.25, -0.2) is 4.98 Å². The Balaban J connectivity index is 1.94. The fourth-order valence-electron chi connectivity index (χ4n) is 2.19. The second kappa shape index (κ2) is 8.53. The SMILES string of the molecule is CCCCCNc1ccc(C(=O)Nc2ccc(Cl)cc2C)nc1. The molecule has 1 heterocycles. The zero-order chi connectivity index (χ0) is 16.7. The van der Waals surface area contributed by atoms with Crippen LogP contribution in [0.3, 0.4) is 0 Å². The maximum atomic E-state index is 12.2. The molecule has 0 aliphatic rings. The minimum Gasteiger partial charge on any atom is -0.384 e. The van der Waals surface area contributed by atoms with E-state index >= 15 is 0 Å². The lowest BCUT2D eigenvalue weighted by atomic mass is 10.2. The van der Waals surface area contributed by atoms with E-state index in [2.05, 4.69) is 22.5 Å². The van der Waals surface area contributed by atoms with Crippen LogP contribution in [0.5, 0.6) is 0 Å². The van der Waals surface area contributed by atoms with E-state index in [4.69, 9.17) is 11.6 Å². The Bertz CT molecular complexity index is 656. The fraction of sp³-hybridized carbons (Fsp3) is 0.333. The molecule has 0 radical (unpaired) electrons. The Labute approximate surface area is 142 Å². The molecule has 23 heavy (non-hydrogen) atoms. The van der Waals surface area contributed by atoms with Gasteiger partial charge in [-0.15, -0.1) is 0 Å². The van der Waals surface area contributed by atoms with Crippen molar-refractivity contribution >= 4 is 28.9 Å². The number of unbranched alkanes of at least 4 members (excludes halogenated alkanes) is 2. The van der Waals surface area contributed by atoms with Gasteiger partial charge in [0, 0.05) is 17.3 Å². The van der Waals surface area contributed by atoms with E-state index in [0.29, 0.717) is 10.7 Å². The first-order valence-corrected chi connectivity index (χ1v) is 8.25. The maximum Gasteiger partial charge on any atom is 0.274 e. The summed E-state index contributed by atoms with van der Waals surface area (Å²) >= 11 is 5.92. The Morgan fingerprint density at radius 3 is 2.70 bits per heavy atom. The van der Waals surface area contributed by atoms with Crippen molar-refractivity contribution in [3.05, 3.63) is 52.8 Å². The molecule has 2 rings (SSSR count). The van der Waals surface area contributed by atoms with Gasteiger partial charge in [0.2, 0.25) is 0 Å². The highest BCUT2D eigenvalue weighted by Gasteiger charge is 2.09. The van der Waals surface area contributed by atoms with Crippen molar-refractivity contribution in [1.82, 2.24) is 4.98 Å². The molecule has 0 bridgehead atoms. The first-order chi connectivity index (χ1) is 11.1. The summed E-state index contributed by atoms with van der Waals surface area (Å²) in [5.41, 5.74) is 2.97. The topological polar surface area (TPSA) is 54.0 Å². The second-order valence-corrected chi connectivity index (χ2v) is 5.92. The molecule has 0 saturated heterocycles. The molecule has 0 fully saturated rings. The largest absolute Gasteiger partial charge is 0.384 e. The number of nitrogens with zero attached hydrogens (tertiary/aromatic N) is 1. The minimum absolute atomic E-state index is 0.229. The van der Waals surface area contributed by atoms with Crippen LogP contribution in [0, 0.1) is 6.92 Å². The van der Waals surface area contributed by atoms with Gasteiger partial charge in [0.25, 0.3) is 5.91 Å². The second-order valence-electron chi connectivity index (χ2n) is 5.48. The number of carbonyl (C=O) groups excluding carboxylic acids is 1. The average molecular weight is 332 g/mol. The molecule has 0 aliphatic carbocycles. The highest BCUT2D eigenvalue weighted by Crippen LogP contribution is 2.20. The number of aromatic nitrogens is 1. The molecule has 2 aromatic rings. The van der Waals surface area contributed by atoms with Crippen LogP contribution >= 0.6 is 11.6 Å². The number of rotatable bonds is 7. The summed E-state index contributed by atoms with van der Waals surface area (Å²) in [5, 5.41) is 6.80. The minimum atomic E-state index is -0.229. The van der Waals surface area contributed by atoms with E-state index in [1.165, 1.54) is 12.8 Å². The Kier molecular flexibility index (Phi) is 6.41. The molecule has 122 valence electrons. The number of benzene rings is 1. The average Bonchev–Trinajstić information content (AvgIpc) is 2.55. The Morgan fingerprint density at radius 1 is 1.22 bits per heavy atom. The first kappa shape index (κ1) is 17.3. The first-order valence-electron chi connectivity index (χ1n) is 7.87. The van der Waals surface area contributed by atoms with Crippen molar-refractivity contribution in [2.75, 3.05) is 17.2 Å². The summed E-state index contributed by atoms with van der Waals surface area (Å²) in [6.45, 7) is 5.00. The van der Waals surface area contributed by atoms with Crippen LogP contribution in [0.2, 0.25) is 5.02 Å². The van der Waals surface area contributed by atoms with Crippen LogP contribution in [-0.4, -0.2) is 17.4 Å². The molecule has 0 spiro atoms. The standard InChI is InChI=1S/C18H22ClN3O/c1-3-4-5-10-20-15-7-9-17(21-12-15)18(23)22-16-8-6-14(19)11-13(16)2/h6-9,11-12,20H,3-5,10H2,1-2H3,(H,22,23). The molecule has 4 nitrogen and oxygen atoms in total. The molecule has 5 heteroatoms. The molecule has 2 N–H and O–H groups in total. The van der Waals surface area contributed by atoms with Gasteiger partial charge >= 0.3 is 0 Å². The Hall–Kier alpha value is -2.07. The summed E-state index contributed by atoms with van der Waals surface area (Å²) in [7, 11) is 0. The number of halogens is 1. The predicted molar refractivity (Wildman–Crippen MR) is 96.4 cm³/mol. The molecular weight excluding hydrogens is 310 g/mol. The van der Waals surface area contributed by atoms with Gasteiger partial charge < -0.3 is 10.6 Å². The summed E-state index contributed by atoms with van der Waals surface area (Å²) in [4.78, 5) is 16.5. The number of hydrogen-bond donors (Lipinski definition) is 2. The van der Waals surface area contributed by atoms with Crippen molar-refractivity contribution in [2.24, 2.45) is 0 Å². The van der Waals surface area contributed by atoms with Crippen molar-refractivity contribution in [1.29, 1.82) is 0 Å². The maximum absolute atomic E-state index is 12.2. The van der Waals surface area contributed by atoms with Gasteiger partial charge in [0.1, 0.15) is 5.69 Å². The van der Waals surface area contributed by atoms with Crippen LogP contribution in [0.1, 0.15) is 42.2 Å². The lowest BCUT2D eigenvalue weighted by molar-refractivity contribution is 0.102. The van der Waals surface area contributed by atoms with Gasteiger partial charge in [0.15, 0.2) is 0 Å². The van der Waals surface area contributed by atoms with Gasteiger partial charge in [-0.2, -0.15) is 0 Å². The van der Waals surface area contributed by atoms with E-state index in [-0.39, 0.29) is 5.91 Å². The van der Waals surface area contributed by atoms with Crippen molar-refractivity contribution < 1.29 is 4.79 Å². The number of aryl methyl sites for hydroxylation is 1. The van der Waals surface area contributed by atoms with Crippen LogP contribution in [-0.2, 0) is 0 Å². The van der Waals surface area contributed by atoms with Crippen molar-refractivity contribution in [2.45, 2.75) is 33.1 Å². The number of carbonyl (C=O) groups is 1. The molecule has 1 amide bonds. The fourth-order valence-corrected chi connectivity index (χ4v) is 2.42. The Morgan fingerprint density at radius 2 is 2.04 bits per heavy atom.